The molecular weight excluding hydrogens is 340 g/mol. The number of methoxy groups -OCH3 is 2. The zero-order valence-electron chi connectivity index (χ0n) is 14.8. The number of rotatable bonds is 8. The minimum atomic E-state index is -0.627. The van der Waals surface area contributed by atoms with Gasteiger partial charge in [-0.2, -0.15) is 0 Å². The Kier molecular flexibility index (Phi) is 6.51. The molecule has 0 aliphatic heterocycles. The molecule has 0 fully saturated rings. The zero-order valence-corrected chi connectivity index (χ0v) is 14.8. The lowest BCUT2D eigenvalue weighted by Crippen LogP contribution is -2.15. The number of amides is 1. The molecule has 0 atom stereocenters. The van der Waals surface area contributed by atoms with Crippen molar-refractivity contribution < 1.29 is 23.9 Å². The monoisotopic (exact) mass is 360 g/mol. The molecule has 26 heavy (non-hydrogen) atoms. The molecule has 0 radical (unpaired) electrons. The predicted octanol–water partition coefficient (Wildman–Crippen LogP) is 3.40. The van der Waals surface area contributed by atoms with E-state index in [0.717, 1.165) is 5.56 Å². The van der Waals surface area contributed by atoms with E-state index in [1.54, 1.807) is 32.2 Å². The summed E-state index contributed by atoms with van der Waals surface area (Å²) in [6.07, 6.45) is 0. The van der Waals surface area contributed by atoms with Crippen LogP contribution in [-0.2, 0) is 11.3 Å². The number of anilines is 1. The Morgan fingerprint density at radius 1 is 1.19 bits per heavy atom. The van der Waals surface area contributed by atoms with Crippen molar-refractivity contribution in [2.24, 2.45) is 0 Å². The quantitative estimate of drug-likeness (QED) is 0.572. The SMILES string of the molecule is CCOc1cc([N+](=O)[O-])c(C(=O)Nc2cccc(COC)c2)cc1OC. The van der Waals surface area contributed by atoms with Gasteiger partial charge in [0.1, 0.15) is 5.56 Å². The number of carbonyl (C=O) groups is 1. The predicted molar refractivity (Wildman–Crippen MR) is 95.9 cm³/mol. The van der Waals surface area contributed by atoms with Crippen LogP contribution in [-0.4, -0.2) is 31.7 Å². The molecule has 0 saturated heterocycles. The normalized spacial score (nSPS) is 10.3. The van der Waals surface area contributed by atoms with Crippen molar-refractivity contribution >= 4 is 17.3 Å². The maximum absolute atomic E-state index is 12.6. The average Bonchev–Trinajstić information content (AvgIpc) is 2.62. The molecular formula is C18H20N2O6. The van der Waals surface area contributed by atoms with Gasteiger partial charge < -0.3 is 19.5 Å². The molecule has 0 bridgehead atoms. The van der Waals surface area contributed by atoms with Gasteiger partial charge in [-0.3, -0.25) is 14.9 Å². The first-order chi connectivity index (χ1) is 12.5. The fraction of sp³-hybridized carbons (Fsp3) is 0.278. The summed E-state index contributed by atoms with van der Waals surface area (Å²) in [6, 6.07) is 9.53. The van der Waals surface area contributed by atoms with Crippen LogP contribution in [0.15, 0.2) is 36.4 Å². The third-order valence-corrected chi connectivity index (χ3v) is 3.52. The molecule has 138 valence electrons. The zero-order chi connectivity index (χ0) is 19.1. The van der Waals surface area contributed by atoms with Crippen LogP contribution >= 0.6 is 0 Å². The van der Waals surface area contributed by atoms with Gasteiger partial charge in [0, 0.05) is 18.9 Å². The first kappa shape index (κ1) is 19.2. The van der Waals surface area contributed by atoms with E-state index in [2.05, 4.69) is 5.32 Å². The third kappa shape index (κ3) is 4.48. The Hall–Kier alpha value is -3.13. The maximum atomic E-state index is 12.6. The van der Waals surface area contributed by atoms with E-state index in [9.17, 15) is 14.9 Å². The van der Waals surface area contributed by atoms with E-state index in [0.29, 0.717) is 18.9 Å². The first-order valence-electron chi connectivity index (χ1n) is 7.88. The van der Waals surface area contributed by atoms with Gasteiger partial charge >= 0.3 is 0 Å². The molecule has 0 saturated carbocycles. The largest absolute Gasteiger partial charge is 0.493 e. The molecule has 8 nitrogen and oxygen atoms in total. The summed E-state index contributed by atoms with van der Waals surface area (Å²) in [7, 11) is 2.97. The van der Waals surface area contributed by atoms with Crippen LogP contribution in [0.3, 0.4) is 0 Å². The second-order valence-corrected chi connectivity index (χ2v) is 5.30. The van der Waals surface area contributed by atoms with Crippen molar-refractivity contribution in [2.45, 2.75) is 13.5 Å². The second kappa shape index (κ2) is 8.82. The summed E-state index contributed by atoms with van der Waals surface area (Å²) in [6.45, 7) is 2.45. The van der Waals surface area contributed by atoms with Crippen molar-refractivity contribution in [3.8, 4) is 11.5 Å². The lowest BCUT2D eigenvalue weighted by Gasteiger charge is -2.12. The van der Waals surface area contributed by atoms with Gasteiger partial charge in [0.25, 0.3) is 11.6 Å². The van der Waals surface area contributed by atoms with Gasteiger partial charge in [0.15, 0.2) is 11.5 Å². The van der Waals surface area contributed by atoms with Gasteiger partial charge in [-0.05, 0) is 24.6 Å². The highest BCUT2D eigenvalue weighted by Crippen LogP contribution is 2.35. The number of ether oxygens (including phenoxy) is 3. The number of hydrogen-bond acceptors (Lipinski definition) is 6. The van der Waals surface area contributed by atoms with E-state index in [1.165, 1.54) is 19.2 Å². The number of nitrogens with one attached hydrogen (secondary N) is 1. The van der Waals surface area contributed by atoms with Gasteiger partial charge in [0.2, 0.25) is 0 Å². The number of nitrogens with zero attached hydrogens (tertiary/aromatic N) is 1. The molecule has 0 unspecified atom stereocenters. The Morgan fingerprint density at radius 3 is 2.58 bits per heavy atom. The van der Waals surface area contributed by atoms with Crippen molar-refractivity contribution in [1.29, 1.82) is 0 Å². The number of nitro groups is 1. The van der Waals surface area contributed by atoms with Crippen molar-refractivity contribution in [1.82, 2.24) is 0 Å². The number of nitro benzene ring substituents is 1. The summed E-state index contributed by atoms with van der Waals surface area (Å²) < 4.78 is 15.6. The standard InChI is InChI=1S/C18H20N2O6/c1-4-26-17-10-15(20(22)23)14(9-16(17)25-3)18(21)19-13-7-5-6-12(8-13)11-24-2/h5-10H,4,11H2,1-3H3,(H,19,21). The fourth-order valence-corrected chi connectivity index (χ4v) is 2.41. The van der Waals surface area contributed by atoms with Crippen LogP contribution in [0.4, 0.5) is 11.4 Å². The molecule has 2 aromatic carbocycles. The maximum Gasteiger partial charge on any atom is 0.286 e. The highest BCUT2D eigenvalue weighted by atomic mass is 16.6. The first-order valence-corrected chi connectivity index (χ1v) is 7.88. The van der Waals surface area contributed by atoms with E-state index >= 15 is 0 Å². The van der Waals surface area contributed by atoms with E-state index in [1.807, 2.05) is 6.07 Å². The molecule has 0 spiro atoms. The fourth-order valence-electron chi connectivity index (χ4n) is 2.41. The van der Waals surface area contributed by atoms with Crippen LogP contribution in [0.5, 0.6) is 11.5 Å². The van der Waals surface area contributed by atoms with Crippen LogP contribution < -0.4 is 14.8 Å². The van der Waals surface area contributed by atoms with Crippen LogP contribution in [0.1, 0.15) is 22.8 Å². The van der Waals surface area contributed by atoms with Gasteiger partial charge in [-0.15, -0.1) is 0 Å². The van der Waals surface area contributed by atoms with Gasteiger partial charge in [-0.25, -0.2) is 0 Å². The Balaban J connectivity index is 2.38. The highest BCUT2D eigenvalue weighted by molar-refractivity contribution is 6.07. The topological polar surface area (TPSA) is 99.9 Å². The van der Waals surface area contributed by atoms with Crippen LogP contribution in [0.2, 0.25) is 0 Å². The number of benzene rings is 2. The molecule has 0 heterocycles. The van der Waals surface area contributed by atoms with Crippen molar-refractivity contribution in [3.05, 3.63) is 57.6 Å². The molecule has 1 N–H and O–H groups in total. The minimum Gasteiger partial charge on any atom is -0.493 e. The number of hydrogen-bond donors (Lipinski definition) is 1. The van der Waals surface area contributed by atoms with Crippen molar-refractivity contribution in [3.63, 3.8) is 0 Å². The lowest BCUT2D eigenvalue weighted by atomic mass is 10.1. The molecule has 2 rings (SSSR count). The molecule has 0 aliphatic carbocycles. The molecule has 2 aromatic rings. The summed E-state index contributed by atoms with van der Waals surface area (Å²) in [5, 5.41) is 14.0. The van der Waals surface area contributed by atoms with Gasteiger partial charge in [-0.1, -0.05) is 12.1 Å². The van der Waals surface area contributed by atoms with E-state index in [4.69, 9.17) is 14.2 Å². The minimum absolute atomic E-state index is 0.118. The molecule has 0 aromatic heterocycles. The third-order valence-electron chi connectivity index (χ3n) is 3.52. The van der Waals surface area contributed by atoms with Crippen molar-refractivity contribution in [2.75, 3.05) is 26.1 Å². The van der Waals surface area contributed by atoms with Crippen LogP contribution in [0.25, 0.3) is 0 Å². The van der Waals surface area contributed by atoms with E-state index < -0.39 is 10.8 Å². The number of carbonyl (C=O) groups excluding carboxylic acids is 1. The Labute approximate surface area is 150 Å². The summed E-state index contributed by atoms with van der Waals surface area (Å²) in [5.41, 5.74) is 0.892. The second-order valence-electron chi connectivity index (χ2n) is 5.30. The Morgan fingerprint density at radius 2 is 1.96 bits per heavy atom. The highest BCUT2D eigenvalue weighted by Gasteiger charge is 2.25. The lowest BCUT2D eigenvalue weighted by molar-refractivity contribution is -0.385. The smallest absolute Gasteiger partial charge is 0.286 e. The summed E-state index contributed by atoms with van der Waals surface area (Å²) in [5.74, 6) is -0.163. The van der Waals surface area contributed by atoms with Gasteiger partial charge in [0.05, 0.1) is 31.3 Å². The summed E-state index contributed by atoms with van der Waals surface area (Å²) in [4.78, 5) is 23.4. The molecule has 1 amide bonds. The summed E-state index contributed by atoms with van der Waals surface area (Å²) >= 11 is 0. The van der Waals surface area contributed by atoms with E-state index in [-0.39, 0.29) is 22.7 Å². The van der Waals surface area contributed by atoms with Crippen LogP contribution in [0, 0.1) is 10.1 Å². The average molecular weight is 360 g/mol. The molecule has 0 aliphatic rings. The Bertz CT molecular complexity index is 806. The molecule has 8 heteroatoms.